The first-order chi connectivity index (χ1) is 14.6. The van der Waals surface area contributed by atoms with Gasteiger partial charge in [-0.2, -0.15) is 0 Å². The van der Waals surface area contributed by atoms with E-state index in [9.17, 15) is 9.18 Å². The number of benzene rings is 2. The molecular formula is C22H23Br4FN2O2. The number of nitrogens with zero attached hydrogens (tertiary/aromatic N) is 2. The fraction of sp³-hybridized carbons (Fsp3) is 0.409. The topological polar surface area (TPSA) is 32.8 Å². The number of halogens is 5. The highest BCUT2D eigenvalue weighted by Crippen LogP contribution is 2.45. The molecule has 3 rings (SSSR count). The van der Waals surface area contributed by atoms with Crippen molar-refractivity contribution in [2.45, 2.75) is 39.4 Å². The van der Waals surface area contributed by atoms with Crippen LogP contribution in [0.4, 0.5) is 4.39 Å². The van der Waals surface area contributed by atoms with E-state index in [2.05, 4.69) is 82.5 Å². The van der Waals surface area contributed by atoms with Gasteiger partial charge in [-0.1, -0.05) is 12.1 Å². The van der Waals surface area contributed by atoms with Crippen molar-refractivity contribution in [3.8, 4) is 5.75 Å². The first kappa shape index (κ1) is 25.1. The maximum absolute atomic E-state index is 13.2. The number of hydrogen-bond donors (Lipinski definition) is 0. The van der Waals surface area contributed by atoms with Crippen molar-refractivity contribution in [2.75, 3.05) is 19.7 Å². The molecule has 2 aromatic rings. The van der Waals surface area contributed by atoms with Crippen LogP contribution in [0.15, 0.2) is 42.2 Å². The van der Waals surface area contributed by atoms with Crippen LogP contribution in [0.25, 0.3) is 0 Å². The van der Waals surface area contributed by atoms with Crippen LogP contribution in [-0.4, -0.2) is 47.5 Å². The first-order valence-electron chi connectivity index (χ1n) is 9.83. The van der Waals surface area contributed by atoms with Crippen molar-refractivity contribution in [1.82, 2.24) is 9.80 Å². The predicted molar refractivity (Wildman–Crippen MR) is 135 cm³/mol. The van der Waals surface area contributed by atoms with E-state index in [1.807, 2.05) is 24.0 Å². The maximum Gasteiger partial charge on any atom is 0.260 e. The fourth-order valence-electron chi connectivity index (χ4n) is 3.70. The van der Waals surface area contributed by atoms with E-state index >= 15 is 0 Å². The summed E-state index contributed by atoms with van der Waals surface area (Å²) in [6, 6.07) is 6.84. The molecule has 4 nitrogen and oxygen atoms in total. The largest absolute Gasteiger partial charge is 0.482 e. The molecule has 0 aliphatic carbocycles. The van der Waals surface area contributed by atoms with Gasteiger partial charge in [-0.25, -0.2) is 4.39 Å². The van der Waals surface area contributed by atoms with E-state index in [1.54, 1.807) is 0 Å². The summed E-state index contributed by atoms with van der Waals surface area (Å²) in [6.07, 6.45) is 0. The third-order valence-electron chi connectivity index (χ3n) is 5.52. The Labute approximate surface area is 216 Å². The van der Waals surface area contributed by atoms with Gasteiger partial charge >= 0.3 is 0 Å². The molecule has 2 atom stereocenters. The van der Waals surface area contributed by atoms with Crippen LogP contribution in [0.2, 0.25) is 0 Å². The lowest BCUT2D eigenvalue weighted by atomic mass is 10.1. The monoisotopic (exact) mass is 682 g/mol. The second-order valence-electron chi connectivity index (χ2n) is 7.80. The van der Waals surface area contributed by atoms with Crippen molar-refractivity contribution in [3.05, 3.63) is 59.1 Å². The van der Waals surface area contributed by atoms with Gasteiger partial charge in [0.25, 0.3) is 5.91 Å². The molecular weight excluding hydrogens is 663 g/mol. The summed E-state index contributed by atoms with van der Waals surface area (Å²) in [5.74, 6) is 0.362. The van der Waals surface area contributed by atoms with Gasteiger partial charge in [0.2, 0.25) is 0 Å². The van der Waals surface area contributed by atoms with E-state index in [0.29, 0.717) is 12.3 Å². The summed E-state index contributed by atoms with van der Waals surface area (Å²) in [5.41, 5.74) is 1.97. The Bertz CT molecular complexity index is 942. The summed E-state index contributed by atoms with van der Waals surface area (Å²) in [7, 11) is 0. The van der Waals surface area contributed by atoms with Crippen molar-refractivity contribution in [3.63, 3.8) is 0 Å². The van der Waals surface area contributed by atoms with E-state index in [1.165, 1.54) is 12.1 Å². The molecule has 31 heavy (non-hydrogen) atoms. The third-order valence-corrected chi connectivity index (χ3v) is 10.5. The molecule has 1 aliphatic rings. The minimum Gasteiger partial charge on any atom is -0.482 e. The molecule has 168 valence electrons. The van der Waals surface area contributed by atoms with Crippen molar-refractivity contribution in [2.24, 2.45) is 0 Å². The van der Waals surface area contributed by atoms with Crippen LogP contribution in [0, 0.1) is 12.7 Å². The number of carbonyl (C=O) groups excluding carboxylic acids is 1. The van der Waals surface area contributed by atoms with Crippen molar-refractivity contribution in [1.29, 1.82) is 0 Å². The molecule has 1 fully saturated rings. The van der Waals surface area contributed by atoms with Gasteiger partial charge in [-0.3, -0.25) is 9.69 Å². The van der Waals surface area contributed by atoms with Crippen LogP contribution in [-0.2, 0) is 11.3 Å². The molecule has 1 heterocycles. The molecule has 1 aliphatic heterocycles. The smallest absolute Gasteiger partial charge is 0.260 e. The molecule has 2 aromatic carbocycles. The number of hydrogen-bond acceptors (Lipinski definition) is 3. The molecule has 0 unspecified atom stereocenters. The second kappa shape index (κ2) is 10.6. The van der Waals surface area contributed by atoms with E-state index in [4.69, 9.17) is 4.74 Å². The fourth-order valence-corrected chi connectivity index (χ4v) is 6.09. The second-order valence-corrected chi connectivity index (χ2v) is 11.0. The molecule has 1 saturated heterocycles. The van der Waals surface area contributed by atoms with Gasteiger partial charge in [0.05, 0.1) is 8.95 Å². The molecule has 0 spiro atoms. The Morgan fingerprint density at radius 3 is 2.26 bits per heavy atom. The molecule has 0 N–H and O–H groups in total. The first-order valence-corrected chi connectivity index (χ1v) is 13.0. The standard InChI is InChI=1S/C22H23Br4FN2O2/c1-12-9-29(13(2)8-28(12)10-15-4-6-16(27)7-5-15)17(30)11-31-22-14(3)18(23)19(24)20(25)21(22)26/h4-7,12-13H,8-11H2,1-3H3/t12-,13+/m1/s1. The summed E-state index contributed by atoms with van der Waals surface area (Å²) in [6.45, 7) is 8.17. The van der Waals surface area contributed by atoms with Crippen LogP contribution < -0.4 is 4.74 Å². The molecule has 0 saturated carbocycles. The highest BCUT2D eigenvalue weighted by atomic mass is 79.9. The van der Waals surface area contributed by atoms with Gasteiger partial charge < -0.3 is 9.64 Å². The molecule has 1 amide bonds. The Morgan fingerprint density at radius 1 is 1.00 bits per heavy atom. The van der Waals surface area contributed by atoms with Crippen LogP contribution in [0.5, 0.6) is 5.75 Å². The highest BCUT2D eigenvalue weighted by Gasteiger charge is 2.32. The van der Waals surface area contributed by atoms with Gasteiger partial charge in [-0.05, 0) is 102 Å². The van der Waals surface area contributed by atoms with Gasteiger partial charge in [-0.15, -0.1) is 0 Å². The minimum absolute atomic E-state index is 0.0328. The van der Waals surface area contributed by atoms with Crippen molar-refractivity contribution >= 4 is 69.6 Å². The zero-order chi connectivity index (χ0) is 22.9. The summed E-state index contributed by atoms with van der Waals surface area (Å²) < 4.78 is 22.5. The number of ether oxygens (including phenoxy) is 1. The summed E-state index contributed by atoms with van der Waals surface area (Å²) >= 11 is 14.2. The zero-order valence-electron chi connectivity index (χ0n) is 17.4. The molecule has 0 aromatic heterocycles. The number of rotatable bonds is 5. The summed E-state index contributed by atoms with van der Waals surface area (Å²) in [5, 5.41) is 0. The van der Waals surface area contributed by atoms with Crippen LogP contribution in [0.3, 0.4) is 0 Å². The number of amides is 1. The predicted octanol–water partition coefficient (Wildman–Crippen LogP) is 6.68. The minimum atomic E-state index is -0.229. The quantitative estimate of drug-likeness (QED) is 0.260. The normalized spacial score (nSPS) is 19.5. The van der Waals surface area contributed by atoms with Gasteiger partial charge in [0, 0.05) is 46.2 Å². The molecule has 0 radical (unpaired) electrons. The van der Waals surface area contributed by atoms with Crippen LogP contribution in [0.1, 0.15) is 25.0 Å². The van der Waals surface area contributed by atoms with Gasteiger partial charge in [0.15, 0.2) is 6.61 Å². The lowest BCUT2D eigenvalue weighted by molar-refractivity contribution is -0.139. The molecule has 9 heteroatoms. The summed E-state index contributed by atoms with van der Waals surface area (Å²) in [4.78, 5) is 17.2. The molecule has 0 bridgehead atoms. The lowest BCUT2D eigenvalue weighted by Crippen LogP contribution is -2.58. The Balaban J connectivity index is 1.64. The van der Waals surface area contributed by atoms with E-state index < -0.39 is 0 Å². The lowest BCUT2D eigenvalue weighted by Gasteiger charge is -2.44. The van der Waals surface area contributed by atoms with E-state index in [-0.39, 0.29) is 30.4 Å². The van der Waals surface area contributed by atoms with Gasteiger partial charge in [0.1, 0.15) is 11.6 Å². The van der Waals surface area contributed by atoms with Crippen molar-refractivity contribution < 1.29 is 13.9 Å². The van der Waals surface area contributed by atoms with E-state index in [0.717, 1.165) is 42.1 Å². The Kier molecular flexibility index (Phi) is 8.63. The third kappa shape index (κ3) is 5.72. The number of carbonyl (C=O) groups is 1. The Morgan fingerprint density at radius 2 is 1.61 bits per heavy atom. The Hall–Kier alpha value is -0.480. The zero-order valence-corrected chi connectivity index (χ0v) is 23.7. The maximum atomic E-state index is 13.2. The highest BCUT2D eigenvalue weighted by molar-refractivity contribution is 9.15. The average Bonchev–Trinajstić information content (AvgIpc) is 2.74. The number of piperazine rings is 1. The SMILES string of the molecule is Cc1c(Br)c(Br)c(Br)c(Br)c1OCC(=O)N1C[C@@H](C)N(Cc2ccc(F)cc2)C[C@@H]1C. The average molecular weight is 686 g/mol. The van der Waals surface area contributed by atoms with Crippen LogP contribution >= 0.6 is 63.7 Å².